The van der Waals surface area contributed by atoms with E-state index in [2.05, 4.69) is 4.98 Å². The Morgan fingerprint density at radius 3 is 2.81 bits per heavy atom. The van der Waals surface area contributed by atoms with Gasteiger partial charge in [-0.3, -0.25) is 14.5 Å². The number of hydrogen-bond acceptors (Lipinski definition) is 7. The number of carbonyl (C=O) groups is 3. The number of ketones is 1. The lowest BCUT2D eigenvalue weighted by Crippen LogP contribution is -2.39. The predicted molar refractivity (Wildman–Crippen MR) is 131 cm³/mol. The number of ether oxygens (including phenoxy) is 2. The van der Waals surface area contributed by atoms with E-state index in [-0.39, 0.29) is 41.3 Å². The van der Waals surface area contributed by atoms with Gasteiger partial charge in [-0.05, 0) is 50.5 Å². The summed E-state index contributed by atoms with van der Waals surface area (Å²) in [6.07, 6.45) is 2.92. The molecule has 1 aliphatic carbocycles. The molecule has 3 unspecified atom stereocenters. The summed E-state index contributed by atoms with van der Waals surface area (Å²) in [6, 6.07) is 10.1. The molecule has 0 bridgehead atoms. The highest BCUT2D eigenvalue weighted by Crippen LogP contribution is 2.49. The summed E-state index contributed by atoms with van der Waals surface area (Å²) in [6.45, 7) is 1.99. The Morgan fingerprint density at radius 1 is 1.19 bits per heavy atom. The lowest BCUT2D eigenvalue weighted by atomic mass is 9.77. The normalized spacial score (nSPS) is 23.5. The molecule has 6 rings (SSSR count). The number of rotatable bonds is 4. The number of aromatic nitrogens is 1. The molecule has 1 saturated carbocycles. The smallest absolute Gasteiger partial charge is 0.338 e. The summed E-state index contributed by atoms with van der Waals surface area (Å²) in [5, 5.41) is 0.304. The standard InChI is InChI=1S/C27H23FN2O5S/c1-2-34-26(33)14-11-12-18-20(13-14)36-27(29-18)30-22(15-7-3-5-9-17(15)28)21-23(31)16-8-4-6-10-19(16)35-24(21)25(30)32/h3,5,7,9,11-13,16,19,22H,2,4,6,8,10H2,1H3. The van der Waals surface area contributed by atoms with Crippen LogP contribution >= 0.6 is 11.3 Å². The number of nitrogens with zero attached hydrogens (tertiary/aromatic N) is 2. The largest absolute Gasteiger partial charge is 0.483 e. The lowest BCUT2D eigenvalue weighted by Gasteiger charge is -2.35. The zero-order valence-corrected chi connectivity index (χ0v) is 20.3. The van der Waals surface area contributed by atoms with Crippen LogP contribution in [0.25, 0.3) is 10.2 Å². The quantitative estimate of drug-likeness (QED) is 0.457. The highest BCUT2D eigenvalue weighted by Gasteiger charge is 2.53. The van der Waals surface area contributed by atoms with Crippen molar-refractivity contribution >= 4 is 44.3 Å². The maximum atomic E-state index is 15.1. The van der Waals surface area contributed by atoms with E-state index in [0.717, 1.165) is 12.8 Å². The number of hydrogen-bond donors (Lipinski definition) is 0. The van der Waals surface area contributed by atoms with Crippen molar-refractivity contribution in [1.82, 2.24) is 4.98 Å². The maximum absolute atomic E-state index is 15.1. The SMILES string of the molecule is CCOC(=O)c1ccc2nc(N3C(=O)C4=C(C(=O)C5CCCCC5O4)C3c3ccccc3F)sc2c1. The Balaban J connectivity index is 1.47. The first-order chi connectivity index (χ1) is 17.5. The van der Waals surface area contributed by atoms with Crippen LogP contribution in [0.15, 0.2) is 53.8 Å². The first-order valence-electron chi connectivity index (χ1n) is 12.1. The molecular formula is C27H23FN2O5S. The zero-order valence-electron chi connectivity index (χ0n) is 19.5. The van der Waals surface area contributed by atoms with Crippen LogP contribution in [0.1, 0.15) is 54.6 Å². The Hall–Kier alpha value is -3.59. The van der Waals surface area contributed by atoms with Gasteiger partial charge in [0.25, 0.3) is 5.91 Å². The molecule has 0 radical (unpaired) electrons. The topological polar surface area (TPSA) is 85.8 Å². The number of fused-ring (bicyclic) bond motifs is 2. The molecule has 7 nitrogen and oxygen atoms in total. The van der Waals surface area contributed by atoms with Gasteiger partial charge in [-0.1, -0.05) is 36.0 Å². The average Bonchev–Trinajstić information content (AvgIpc) is 3.43. The molecule has 3 aliphatic rings. The zero-order chi connectivity index (χ0) is 25.0. The van der Waals surface area contributed by atoms with E-state index < -0.39 is 23.7 Å². The van der Waals surface area contributed by atoms with E-state index >= 15 is 4.39 Å². The fourth-order valence-electron chi connectivity index (χ4n) is 5.39. The fraction of sp³-hybridized carbons (Fsp3) is 0.333. The molecule has 184 valence electrons. The van der Waals surface area contributed by atoms with Crippen LogP contribution in [0.3, 0.4) is 0 Å². The van der Waals surface area contributed by atoms with E-state index in [1.165, 1.54) is 22.3 Å². The van der Waals surface area contributed by atoms with Crippen LogP contribution in [-0.2, 0) is 19.1 Å². The molecule has 2 aromatic carbocycles. The second-order valence-corrected chi connectivity index (χ2v) is 10.2. The Morgan fingerprint density at radius 2 is 2.00 bits per heavy atom. The minimum absolute atomic E-state index is 0.00266. The highest BCUT2D eigenvalue weighted by molar-refractivity contribution is 7.22. The molecular weight excluding hydrogens is 483 g/mol. The molecule has 1 amide bonds. The second-order valence-electron chi connectivity index (χ2n) is 9.15. The monoisotopic (exact) mass is 506 g/mol. The molecule has 0 saturated heterocycles. The third-order valence-corrected chi connectivity index (χ3v) is 8.07. The predicted octanol–water partition coefficient (Wildman–Crippen LogP) is 5.11. The van der Waals surface area contributed by atoms with Crippen LogP contribution in [-0.4, -0.2) is 35.4 Å². The number of benzene rings is 2. The minimum atomic E-state index is -0.978. The maximum Gasteiger partial charge on any atom is 0.338 e. The van der Waals surface area contributed by atoms with Crippen molar-refractivity contribution in [1.29, 1.82) is 0 Å². The number of Topliss-reactive ketones (excluding diaryl/α,β-unsaturated/α-hetero) is 1. The van der Waals surface area contributed by atoms with Crippen LogP contribution in [0.4, 0.5) is 9.52 Å². The van der Waals surface area contributed by atoms with E-state index in [0.29, 0.717) is 33.8 Å². The highest BCUT2D eigenvalue weighted by atomic mass is 32.1. The van der Waals surface area contributed by atoms with E-state index in [1.807, 2.05) is 0 Å². The van der Waals surface area contributed by atoms with Gasteiger partial charge in [0.1, 0.15) is 18.0 Å². The summed E-state index contributed by atoms with van der Waals surface area (Å²) in [7, 11) is 0. The van der Waals surface area contributed by atoms with Gasteiger partial charge in [-0.25, -0.2) is 14.2 Å². The van der Waals surface area contributed by atoms with Gasteiger partial charge in [0.15, 0.2) is 16.7 Å². The first-order valence-corrected chi connectivity index (χ1v) is 12.9. The van der Waals surface area contributed by atoms with Crippen molar-refractivity contribution in [2.24, 2.45) is 5.92 Å². The summed E-state index contributed by atoms with van der Waals surface area (Å²) >= 11 is 1.19. The molecule has 36 heavy (non-hydrogen) atoms. The number of anilines is 1. The summed E-state index contributed by atoms with van der Waals surface area (Å²) in [4.78, 5) is 45.7. The Bertz CT molecular complexity index is 1450. The number of halogens is 1. The molecule has 2 aliphatic heterocycles. The number of thiazole rings is 1. The van der Waals surface area contributed by atoms with Crippen molar-refractivity contribution in [3.8, 4) is 0 Å². The van der Waals surface area contributed by atoms with Gasteiger partial charge >= 0.3 is 5.97 Å². The average molecular weight is 507 g/mol. The molecule has 9 heteroatoms. The third kappa shape index (κ3) is 3.52. The van der Waals surface area contributed by atoms with Crippen LogP contribution < -0.4 is 4.90 Å². The lowest BCUT2D eigenvalue weighted by molar-refractivity contribution is -0.131. The number of carbonyl (C=O) groups excluding carboxylic acids is 3. The van der Waals surface area contributed by atoms with Crippen molar-refractivity contribution in [2.75, 3.05) is 11.5 Å². The molecule has 1 aromatic heterocycles. The van der Waals surface area contributed by atoms with Gasteiger partial charge in [-0.15, -0.1) is 0 Å². The van der Waals surface area contributed by atoms with Gasteiger partial charge < -0.3 is 9.47 Å². The first kappa shape index (κ1) is 22.8. The van der Waals surface area contributed by atoms with Crippen LogP contribution in [0.5, 0.6) is 0 Å². The summed E-state index contributed by atoms with van der Waals surface area (Å²) in [5.74, 6) is -1.94. The van der Waals surface area contributed by atoms with Gasteiger partial charge in [0, 0.05) is 5.56 Å². The molecule has 1 fully saturated rings. The van der Waals surface area contributed by atoms with Gasteiger partial charge in [0.05, 0.1) is 33.9 Å². The summed E-state index contributed by atoms with van der Waals surface area (Å²) < 4.78 is 27.0. The Labute approximate surface area is 210 Å². The van der Waals surface area contributed by atoms with E-state index in [1.54, 1.807) is 43.3 Å². The van der Waals surface area contributed by atoms with Crippen molar-refractivity contribution < 1.29 is 28.2 Å². The molecule has 3 heterocycles. The van der Waals surface area contributed by atoms with E-state index in [9.17, 15) is 14.4 Å². The summed E-state index contributed by atoms with van der Waals surface area (Å²) in [5.41, 5.74) is 1.38. The Kier molecular flexibility index (Phi) is 5.59. The van der Waals surface area contributed by atoms with Crippen molar-refractivity contribution in [2.45, 2.75) is 44.8 Å². The minimum Gasteiger partial charge on any atom is -0.483 e. The number of amides is 1. The second kappa shape index (κ2) is 8.81. The molecule has 3 aromatic rings. The van der Waals surface area contributed by atoms with Crippen molar-refractivity contribution in [3.05, 3.63) is 70.7 Å². The third-order valence-electron chi connectivity index (χ3n) is 7.06. The molecule has 3 atom stereocenters. The van der Waals surface area contributed by atoms with Crippen LogP contribution in [0, 0.1) is 11.7 Å². The fourth-order valence-corrected chi connectivity index (χ4v) is 6.42. The van der Waals surface area contributed by atoms with Gasteiger partial charge in [-0.2, -0.15) is 0 Å². The van der Waals surface area contributed by atoms with Crippen LogP contribution in [0.2, 0.25) is 0 Å². The molecule has 0 N–H and O–H groups in total. The van der Waals surface area contributed by atoms with Gasteiger partial charge in [0.2, 0.25) is 0 Å². The van der Waals surface area contributed by atoms with Crippen molar-refractivity contribution in [3.63, 3.8) is 0 Å². The molecule has 0 spiro atoms. The number of esters is 1. The van der Waals surface area contributed by atoms with E-state index in [4.69, 9.17) is 9.47 Å².